The summed E-state index contributed by atoms with van der Waals surface area (Å²) in [7, 11) is 1.75. The van der Waals surface area contributed by atoms with Crippen LogP contribution in [0.1, 0.15) is 95.9 Å². The number of nitrogens with zero attached hydrogens (tertiary/aromatic N) is 3. The third-order valence-corrected chi connectivity index (χ3v) is 20.1. The number of fused-ring (bicyclic) bond motifs is 2. The van der Waals surface area contributed by atoms with Crippen molar-refractivity contribution in [2.75, 3.05) is 64.1 Å². The normalized spacial score (nSPS) is 14.3. The Morgan fingerprint density at radius 2 is 1.14 bits per heavy atom. The van der Waals surface area contributed by atoms with Crippen LogP contribution in [-0.4, -0.2) is 289 Å². The number of imide groups is 1. The van der Waals surface area contributed by atoms with E-state index >= 15 is 0 Å². The Morgan fingerprint density at radius 3 is 1.74 bits per heavy atom. The molecule has 2 aromatic carbocycles. The summed E-state index contributed by atoms with van der Waals surface area (Å²) in [5, 5.41) is 70.9. The van der Waals surface area contributed by atoms with E-state index in [1.165, 1.54) is 25.6 Å². The molecule has 3 heterocycles. The fourth-order valence-electron chi connectivity index (χ4n) is 12.8. The van der Waals surface area contributed by atoms with Gasteiger partial charge in [0.2, 0.25) is 76.8 Å². The van der Waals surface area contributed by atoms with Gasteiger partial charge in [-0.2, -0.15) is 25.3 Å². The van der Waals surface area contributed by atoms with Crippen LogP contribution in [0.4, 0.5) is 4.79 Å². The van der Waals surface area contributed by atoms with Crippen LogP contribution in [0.25, 0.3) is 21.8 Å². The Kier molecular flexibility index (Phi) is 43.0. The number of ether oxygens (including phenoxy) is 2. The first-order chi connectivity index (χ1) is 59.3. The number of carbonyl (C=O) groups excluding carboxylic acids is 15. The second-order valence-corrected chi connectivity index (χ2v) is 30.2. The molecule has 0 unspecified atom stereocenters. The maximum atomic E-state index is 14.7. The van der Waals surface area contributed by atoms with E-state index in [0.29, 0.717) is 32.3 Å². The summed E-state index contributed by atoms with van der Waals surface area (Å²) >= 11 is 8.33. The predicted molar refractivity (Wildman–Crippen MR) is 456 cm³/mol. The Bertz CT molecular complexity index is 4570. The van der Waals surface area contributed by atoms with Crippen molar-refractivity contribution in [1.29, 1.82) is 5.41 Å². The molecular formula is C77H114N24O22S2. The van der Waals surface area contributed by atoms with Gasteiger partial charge in [-0.05, 0) is 81.5 Å². The molecule has 13 atom stereocenters. The molecule has 3 aromatic heterocycles. The molecule has 5 rings (SSSR count). The maximum absolute atomic E-state index is 14.7. The number of amides is 16. The molecular weight excluding hydrogens is 1680 g/mol. The first-order valence-electron chi connectivity index (χ1n) is 39.9. The summed E-state index contributed by atoms with van der Waals surface area (Å²) in [6.45, 7) is 3.68. The lowest BCUT2D eigenvalue weighted by Gasteiger charge is -2.33. The number of carboxylic acids is 1. The van der Waals surface area contributed by atoms with Crippen LogP contribution in [0.2, 0.25) is 0 Å². The number of primary amides is 2. The van der Waals surface area contributed by atoms with Gasteiger partial charge in [0.05, 0.1) is 57.0 Å². The second-order valence-electron chi connectivity index (χ2n) is 29.5. The van der Waals surface area contributed by atoms with Crippen LogP contribution in [0, 0.1) is 11.3 Å². The number of H-pyrrole nitrogens is 2. The molecule has 48 heteroatoms. The molecule has 0 aliphatic rings. The number of aliphatic carboxylic acids is 1. The average molecular weight is 1790 g/mol. The molecule has 0 aliphatic carbocycles. The quantitative estimate of drug-likeness (QED) is 0.00745. The number of guanidine groups is 1. The third-order valence-electron chi connectivity index (χ3n) is 19.3. The number of benzene rings is 2. The zero-order chi connectivity index (χ0) is 92.7. The van der Waals surface area contributed by atoms with E-state index in [9.17, 15) is 91.7 Å². The zero-order valence-corrected chi connectivity index (χ0v) is 71.4. The minimum Gasteiger partial charge on any atom is -0.481 e. The van der Waals surface area contributed by atoms with Crippen molar-refractivity contribution in [3.05, 3.63) is 90.3 Å². The van der Waals surface area contributed by atoms with Crippen molar-refractivity contribution in [3.8, 4) is 0 Å². The van der Waals surface area contributed by atoms with Crippen LogP contribution in [-0.2, 0) is 112 Å². The number of aryl methyl sites for hydroxylation is 1. The molecule has 0 bridgehead atoms. The van der Waals surface area contributed by atoms with Gasteiger partial charge in [0.25, 0.3) is 11.8 Å². The van der Waals surface area contributed by atoms with Crippen molar-refractivity contribution in [3.63, 3.8) is 0 Å². The lowest BCUT2D eigenvalue weighted by Crippen LogP contribution is -2.63. The SMILES string of the molecule is CC(C)[C@H](NC(=O)[C@@H](N)CS)C(=O)N[C@@H](Cc1cn(C)c2ccccc12)C(=O)N[C@@H](CCC(N)=O)C(=O)N[C@@H](CC(=O)O)C(=O)N[C@@H](Cc1c[nH]c2ccccc12)C(=O)NCC(=O)N[C@@H](C)C(=O)N[C@@H](Cc1c[nH]cn1)C(=O)N[C@@H](CCCNC(=N)N)C(=O)N[C@@H](CS)C(=O)N[C@H](C(=O)N(C(=O)COCCOCCN)[C@@H](CCCCNC(=O)O)C(N)=O)[C@@H](C)O. The van der Waals surface area contributed by atoms with Gasteiger partial charge < -0.3 is 137 Å². The van der Waals surface area contributed by atoms with Gasteiger partial charge >= 0.3 is 12.1 Å². The van der Waals surface area contributed by atoms with Crippen LogP contribution < -0.4 is 97.8 Å². The highest BCUT2D eigenvalue weighted by Crippen LogP contribution is 2.24. The van der Waals surface area contributed by atoms with E-state index in [2.05, 4.69) is 109 Å². The second kappa shape index (κ2) is 52.2. The van der Waals surface area contributed by atoms with E-state index in [0.717, 1.165) is 12.4 Å². The number of aromatic amines is 2. The van der Waals surface area contributed by atoms with E-state index in [1.54, 1.807) is 74.1 Å². The molecule has 0 saturated carbocycles. The van der Waals surface area contributed by atoms with Gasteiger partial charge in [-0.3, -0.25) is 87.0 Å². The zero-order valence-electron chi connectivity index (χ0n) is 69.6. The van der Waals surface area contributed by atoms with Crippen LogP contribution >= 0.6 is 25.3 Å². The van der Waals surface area contributed by atoms with Gasteiger partial charge in [-0.1, -0.05) is 50.2 Å². The number of rotatable bonds is 56. The molecule has 686 valence electrons. The molecule has 16 amide bonds. The monoisotopic (exact) mass is 1790 g/mol. The molecule has 0 saturated heterocycles. The van der Waals surface area contributed by atoms with E-state index in [-0.39, 0.29) is 102 Å². The number of imidazole rings is 1. The number of unbranched alkanes of at least 4 members (excludes halogenated alkanes) is 1. The summed E-state index contributed by atoms with van der Waals surface area (Å²) in [5.41, 5.74) is 30.6. The smallest absolute Gasteiger partial charge is 0.404 e. The molecule has 0 aliphatic heterocycles. The number of nitrogens with two attached hydrogens (primary N) is 5. The van der Waals surface area contributed by atoms with E-state index < -0.39 is 229 Å². The number of para-hydroxylation sites is 2. The summed E-state index contributed by atoms with van der Waals surface area (Å²) in [5.74, 6) is -19.6. The summed E-state index contributed by atoms with van der Waals surface area (Å²) in [6, 6.07) is -5.91. The Hall–Kier alpha value is -12.5. The van der Waals surface area contributed by atoms with Crippen molar-refractivity contribution in [1.82, 2.24) is 93.5 Å². The fourth-order valence-corrected chi connectivity index (χ4v) is 13.2. The number of nitrogens with one attached hydrogen (secondary N) is 16. The van der Waals surface area contributed by atoms with Crippen molar-refractivity contribution in [2.45, 2.75) is 177 Å². The Labute approximate surface area is 728 Å². The number of aliphatic hydroxyl groups excluding tert-OH is 1. The van der Waals surface area contributed by atoms with Gasteiger partial charge in [0.15, 0.2) is 5.96 Å². The minimum atomic E-state index is -2.06. The highest BCUT2D eigenvalue weighted by atomic mass is 32.1. The average Bonchev–Trinajstić information content (AvgIpc) is 1.71. The molecule has 0 fully saturated rings. The number of hydrogen-bond donors (Lipinski definition) is 26. The van der Waals surface area contributed by atoms with Crippen molar-refractivity contribution >= 4 is 154 Å². The van der Waals surface area contributed by atoms with E-state index in [1.807, 2.05) is 6.07 Å². The first-order valence-corrected chi connectivity index (χ1v) is 41.1. The first kappa shape index (κ1) is 103. The van der Waals surface area contributed by atoms with Gasteiger partial charge in [0, 0.05) is 104 Å². The summed E-state index contributed by atoms with van der Waals surface area (Å²) in [4.78, 5) is 245. The highest BCUT2D eigenvalue weighted by molar-refractivity contribution is 7.80. The molecule has 5 aromatic rings. The Morgan fingerprint density at radius 1 is 0.576 bits per heavy atom. The Balaban J connectivity index is 1.36. The maximum Gasteiger partial charge on any atom is 0.404 e. The van der Waals surface area contributed by atoms with Crippen molar-refractivity contribution < 1.29 is 106 Å². The van der Waals surface area contributed by atoms with Crippen LogP contribution in [0.5, 0.6) is 0 Å². The third kappa shape index (κ3) is 33.9. The van der Waals surface area contributed by atoms with Crippen molar-refractivity contribution in [2.24, 2.45) is 41.6 Å². The lowest BCUT2D eigenvalue weighted by atomic mass is 9.99. The van der Waals surface area contributed by atoms with Gasteiger partial charge in [-0.25, -0.2) is 9.78 Å². The number of carboxylic acid groups (broad SMARTS) is 2. The minimum absolute atomic E-state index is 0.0142. The summed E-state index contributed by atoms with van der Waals surface area (Å²) < 4.78 is 12.4. The van der Waals surface area contributed by atoms with Gasteiger partial charge in [0.1, 0.15) is 73.1 Å². The molecule has 125 heavy (non-hydrogen) atoms. The predicted octanol–water partition coefficient (Wildman–Crippen LogP) is -6.74. The number of aromatic nitrogens is 4. The van der Waals surface area contributed by atoms with Gasteiger partial charge in [-0.15, -0.1) is 0 Å². The number of thiol groups is 2. The molecule has 0 radical (unpaired) electrons. The standard InChI is InChI=1S/C77H114N24O22S2/c1-39(2)62(98-66(110)47(79)36-124)74(118)96-52(28-43-34-100(5)56-17-9-7-14-46(43)56)70(114)92-50(19-20-58(80)103)69(113)95-54(30-61(106)107)72(116)94-51(27-42-31-87-48-15-8-6-13-45(42)48)67(111)88-33-59(104)90-40(3)65(109)93-53(29-44-32-84-38-89-44)71(115)91-49(16-12-23-85-76(82)83)68(112)97-55(37-125)73(117)99-63(41(4)102)75(119)101(60(105)35-123-26-25-122-24-21-78)57(64(81)108)18-10-11-22-86-77(120)121/h6-9,13-15,17,31-32,34,38-41,47,49-55,57,62-63,86-87,102,124-125H,10-12,16,18-30,33,35-37,78-79H2,1-5H3,(H2,80,103)(H2,81,108)(H,84,89)(H,88,111)(H,90,104)(H,91,115)(H,92,114)(H,93,109)(H,94,116)(H,95,113)(H,96,118)(H,97,112)(H,98,110)(H,99,117)(H,106,107)(H,120,121)(H4,82,83,85)/t40-,41+,47-,49-,50-,51-,52-,53-,54-,55-,57-,62-,63-/m0/s1. The van der Waals surface area contributed by atoms with E-state index in [4.69, 9.17) is 48.7 Å². The number of carbonyl (C=O) groups is 17. The number of hydrogen-bond acceptors (Lipinski definition) is 26. The number of aliphatic hydroxyl groups is 1. The molecule has 46 nitrogen and oxygen atoms in total. The van der Waals surface area contributed by atoms with Crippen LogP contribution in [0.15, 0.2) is 73.4 Å². The highest BCUT2D eigenvalue weighted by Gasteiger charge is 2.42. The topological polar surface area (TPSA) is 732 Å². The summed E-state index contributed by atoms with van der Waals surface area (Å²) in [6.07, 6.45) is -1.07. The molecule has 29 N–H and O–H groups in total. The van der Waals surface area contributed by atoms with Crippen LogP contribution in [0.3, 0.4) is 0 Å². The molecule has 0 spiro atoms. The largest absolute Gasteiger partial charge is 0.481 e. The lowest BCUT2D eigenvalue weighted by molar-refractivity contribution is -0.158. The fraction of sp³-hybridized carbons (Fsp3) is 0.519.